The van der Waals surface area contributed by atoms with E-state index in [2.05, 4.69) is 15.9 Å². The van der Waals surface area contributed by atoms with Gasteiger partial charge in [-0.1, -0.05) is 15.9 Å². The van der Waals surface area contributed by atoms with Crippen molar-refractivity contribution in [2.24, 2.45) is 5.73 Å². The average molecular weight is 319 g/mol. The maximum absolute atomic E-state index is 7.45. The molecule has 0 aliphatic carbocycles. The van der Waals surface area contributed by atoms with E-state index in [1.165, 1.54) is 0 Å². The lowest BCUT2D eigenvalue weighted by atomic mass is 10.1. The van der Waals surface area contributed by atoms with Crippen LogP contribution in [0.1, 0.15) is 16.7 Å². The first-order valence-electron chi connectivity index (χ1n) is 5.86. The predicted molar refractivity (Wildman–Crippen MR) is 81.1 cm³/mol. The Morgan fingerprint density at radius 2 is 1.63 bits per heavy atom. The van der Waals surface area contributed by atoms with Crippen molar-refractivity contribution in [3.05, 3.63) is 57.6 Å². The fourth-order valence-corrected chi connectivity index (χ4v) is 2.07. The largest absolute Gasteiger partial charge is 0.457 e. The van der Waals surface area contributed by atoms with Crippen molar-refractivity contribution in [3.8, 4) is 11.5 Å². The maximum Gasteiger partial charge on any atom is 0.127 e. The van der Waals surface area contributed by atoms with Crippen LogP contribution in [-0.4, -0.2) is 5.84 Å². The summed E-state index contributed by atoms with van der Waals surface area (Å²) in [7, 11) is 0. The Kier molecular flexibility index (Phi) is 3.90. The van der Waals surface area contributed by atoms with Crippen LogP contribution >= 0.6 is 15.9 Å². The molecule has 0 unspecified atom stereocenters. The van der Waals surface area contributed by atoms with Gasteiger partial charge in [-0.2, -0.15) is 0 Å². The minimum absolute atomic E-state index is 0.0727. The summed E-state index contributed by atoms with van der Waals surface area (Å²) in [5, 5.41) is 7.45. The number of rotatable bonds is 3. The fourth-order valence-electron chi connectivity index (χ4n) is 1.82. The van der Waals surface area contributed by atoms with Crippen molar-refractivity contribution in [1.29, 1.82) is 5.41 Å². The SMILES string of the molecule is Cc1cc(Oc2ccc(C(=N)N)c(C)c2)ccc1Br. The van der Waals surface area contributed by atoms with Gasteiger partial charge in [0.1, 0.15) is 17.3 Å². The highest BCUT2D eigenvalue weighted by Crippen LogP contribution is 2.27. The second-order valence-corrected chi connectivity index (χ2v) is 5.26. The monoisotopic (exact) mass is 318 g/mol. The molecule has 0 aromatic heterocycles. The van der Waals surface area contributed by atoms with Crippen LogP contribution in [-0.2, 0) is 0 Å². The zero-order valence-corrected chi connectivity index (χ0v) is 12.4. The summed E-state index contributed by atoms with van der Waals surface area (Å²) >= 11 is 3.46. The summed E-state index contributed by atoms with van der Waals surface area (Å²) in [6.45, 7) is 3.93. The number of amidine groups is 1. The molecule has 0 radical (unpaired) electrons. The molecule has 0 atom stereocenters. The number of ether oxygens (including phenoxy) is 1. The third kappa shape index (κ3) is 3.15. The normalized spacial score (nSPS) is 10.3. The number of nitrogens with one attached hydrogen (secondary N) is 1. The number of nitrogens with two attached hydrogens (primary N) is 1. The van der Waals surface area contributed by atoms with E-state index < -0.39 is 0 Å². The van der Waals surface area contributed by atoms with Gasteiger partial charge < -0.3 is 10.5 Å². The molecule has 2 rings (SSSR count). The Morgan fingerprint density at radius 3 is 2.16 bits per heavy atom. The van der Waals surface area contributed by atoms with Gasteiger partial charge >= 0.3 is 0 Å². The van der Waals surface area contributed by atoms with Gasteiger partial charge in [0.25, 0.3) is 0 Å². The molecule has 4 heteroatoms. The van der Waals surface area contributed by atoms with Gasteiger partial charge in [-0.15, -0.1) is 0 Å². The molecule has 98 valence electrons. The minimum Gasteiger partial charge on any atom is -0.457 e. The zero-order chi connectivity index (χ0) is 14.0. The standard InChI is InChI=1S/C15H15BrN2O/c1-9-7-11(3-5-13(9)15(17)18)19-12-4-6-14(16)10(2)8-12/h3-8H,1-2H3,(H3,17,18). The molecule has 2 aromatic carbocycles. The van der Waals surface area contributed by atoms with Crippen LogP contribution in [0.4, 0.5) is 0 Å². The van der Waals surface area contributed by atoms with Crippen LogP contribution < -0.4 is 10.5 Å². The third-order valence-electron chi connectivity index (χ3n) is 2.85. The summed E-state index contributed by atoms with van der Waals surface area (Å²) in [5.41, 5.74) is 8.28. The number of hydrogen-bond donors (Lipinski definition) is 2. The minimum atomic E-state index is 0.0727. The lowest BCUT2D eigenvalue weighted by Gasteiger charge is -2.10. The third-order valence-corrected chi connectivity index (χ3v) is 3.74. The van der Waals surface area contributed by atoms with E-state index in [9.17, 15) is 0 Å². The molecule has 0 saturated carbocycles. The summed E-state index contributed by atoms with van der Waals surface area (Å²) in [6, 6.07) is 11.3. The maximum atomic E-state index is 7.45. The molecule has 3 nitrogen and oxygen atoms in total. The Bertz CT molecular complexity index is 638. The molecule has 19 heavy (non-hydrogen) atoms. The van der Waals surface area contributed by atoms with Crippen LogP contribution in [0.5, 0.6) is 11.5 Å². The van der Waals surface area contributed by atoms with Crippen molar-refractivity contribution in [2.45, 2.75) is 13.8 Å². The first-order valence-corrected chi connectivity index (χ1v) is 6.65. The van der Waals surface area contributed by atoms with Crippen LogP contribution in [0.2, 0.25) is 0 Å². The Morgan fingerprint density at radius 1 is 1.05 bits per heavy atom. The van der Waals surface area contributed by atoms with Gasteiger partial charge in [0.15, 0.2) is 0 Å². The summed E-state index contributed by atoms with van der Waals surface area (Å²) < 4.78 is 6.86. The molecule has 0 saturated heterocycles. The van der Waals surface area contributed by atoms with E-state index in [1.807, 2.05) is 44.2 Å². The van der Waals surface area contributed by atoms with E-state index in [0.29, 0.717) is 0 Å². The molecule has 0 amide bonds. The highest BCUT2D eigenvalue weighted by atomic mass is 79.9. The van der Waals surface area contributed by atoms with Crippen LogP contribution in [0.15, 0.2) is 40.9 Å². The van der Waals surface area contributed by atoms with Gasteiger partial charge in [0.05, 0.1) is 0 Å². The second kappa shape index (κ2) is 5.45. The number of aryl methyl sites for hydroxylation is 2. The Labute approximate surface area is 121 Å². The Hall–Kier alpha value is -1.81. The molecule has 0 spiro atoms. The van der Waals surface area contributed by atoms with E-state index in [0.717, 1.165) is 32.7 Å². The summed E-state index contributed by atoms with van der Waals surface area (Å²) in [6.07, 6.45) is 0. The van der Waals surface area contributed by atoms with Crippen molar-refractivity contribution in [3.63, 3.8) is 0 Å². The quantitative estimate of drug-likeness (QED) is 0.660. The smallest absolute Gasteiger partial charge is 0.127 e. The van der Waals surface area contributed by atoms with E-state index in [1.54, 1.807) is 6.07 Å². The topological polar surface area (TPSA) is 59.1 Å². The highest BCUT2D eigenvalue weighted by molar-refractivity contribution is 9.10. The molecule has 3 N–H and O–H groups in total. The molecule has 2 aromatic rings. The number of nitrogen functional groups attached to an aromatic ring is 1. The van der Waals surface area contributed by atoms with Gasteiger partial charge in [0.2, 0.25) is 0 Å². The fraction of sp³-hybridized carbons (Fsp3) is 0.133. The molecule has 0 bridgehead atoms. The lowest BCUT2D eigenvalue weighted by Crippen LogP contribution is -2.12. The van der Waals surface area contributed by atoms with Crippen LogP contribution in [0, 0.1) is 19.3 Å². The number of halogens is 1. The highest BCUT2D eigenvalue weighted by Gasteiger charge is 2.05. The molecule has 0 heterocycles. The van der Waals surface area contributed by atoms with E-state index >= 15 is 0 Å². The zero-order valence-electron chi connectivity index (χ0n) is 10.8. The summed E-state index contributed by atoms with van der Waals surface area (Å²) in [5.74, 6) is 1.60. The first kappa shape index (κ1) is 13.6. The summed E-state index contributed by atoms with van der Waals surface area (Å²) in [4.78, 5) is 0. The lowest BCUT2D eigenvalue weighted by molar-refractivity contribution is 0.481. The average Bonchev–Trinajstić information content (AvgIpc) is 2.33. The van der Waals surface area contributed by atoms with Crippen molar-refractivity contribution in [2.75, 3.05) is 0 Å². The van der Waals surface area contributed by atoms with Crippen molar-refractivity contribution >= 4 is 21.8 Å². The molecule has 0 fully saturated rings. The number of benzene rings is 2. The molecule has 0 aliphatic rings. The van der Waals surface area contributed by atoms with Crippen molar-refractivity contribution < 1.29 is 4.74 Å². The van der Waals surface area contributed by atoms with Gasteiger partial charge in [0, 0.05) is 10.0 Å². The molecular formula is C15H15BrN2O. The molecule has 0 aliphatic heterocycles. The predicted octanol–water partition coefficient (Wildman–Crippen LogP) is 4.14. The first-order chi connectivity index (χ1) is 8.97. The van der Waals surface area contributed by atoms with Crippen LogP contribution in [0.25, 0.3) is 0 Å². The Balaban J connectivity index is 2.26. The van der Waals surface area contributed by atoms with E-state index in [-0.39, 0.29) is 5.84 Å². The van der Waals surface area contributed by atoms with Gasteiger partial charge in [-0.25, -0.2) is 0 Å². The van der Waals surface area contributed by atoms with E-state index in [4.69, 9.17) is 15.9 Å². The van der Waals surface area contributed by atoms with Gasteiger partial charge in [-0.3, -0.25) is 5.41 Å². The number of hydrogen-bond acceptors (Lipinski definition) is 2. The second-order valence-electron chi connectivity index (χ2n) is 4.40. The van der Waals surface area contributed by atoms with Gasteiger partial charge in [-0.05, 0) is 61.4 Å². The van der Waals surface area contributed by atoms with Crippen LogP contribution in [0.3, 0.4) is 0 Å². The molecular weight excluding hydrogens is 304 g/mol. The van der Waals surface area contributed by atoms with Crippen molar-refractivity contribution in [1.82, 2.24) is 0 Å².